The lowest BCUT2D eigenvalue weighted by molar-refractivity contribution is 0.701. The first-order valence-electron chi connectivity index (χ1n) is 8.49. The van der Waals surface area contributed by atoms with Crippen molar-refractivity contribution in [1.82, 2.24) is 0 Å². The van der Waals surface area contributed by atoms with Gasteiger partial charge in [0.05, 0.1) is 0 Å². The Bertz CT molecular complexity index is 661. The Kier molecular flexibility index (Phi) is 6.12. The van der Waals surface area contributed by atoms with Gasteiger partial charge in [0.2, 0.25) is 0 Å². The van der Waals surface area contributed by atoms with Gasteiger partial charge in [-0.25, -0.2) is 0 Å². The molecule has 2 rings (SSSR count). The predicted octanol–water partition coefficient (Wildman–Crippen LogP) is 6.69. The van der Waals surface area contributed by atoms with E-state index in [0.717, 1.165) is 18.0 Å². The van der Waals surface area contributed by atoms with Crippen LogP contribution in [0.25, 0.3) is 0 Å². The molecule has 0 saturated carbocycles. The van der Waals surface area contributed by atoms with E-state index in [9.17, 15) is 0 Å². The zero-order chi connectivity index (χ0) is 17.0. The second-order valence-electron chi connectivity index (χ2n) is 6.84. The molecule has 1 N–H and O–H groups in total. The maximum Gasteiger partial charge on any atom is 0.0408 e. The number of hydrogen-bond acceptors (Lipinski definition) is 1. The van der Waals surface area contributed by atoms with Crippen LogP contribution in [0.4, 0.5) is 5.69 Å². The third-order valence-electron chi connectivity index (χ3n) is 4.57. The minimum Gasteiger partial charge on any atom is -0.385 e. The summed E-state index contributed by atoms with van der Waals surface area (Å²) in [7, 11) is 0. The van der Waals surface area contributed by atoms with Gasteiger partial charge < -0.3 is 5.32 Å². The average Bonchev–Trinajstić information content (AvgIpc) is 2.48. The molecule has 0 aromatic heterocycles. The summed E-state index contributed by atoms with van der Waals surface area (Å²) < 4.78 is 0. The third kappa shape index (κ3) is 4.75. The van der Waals surface area contributed by atoms with E-state index in [4.69, 9.17) is 11.6 Å². The van der Waals surface area contributed by atoms with Crippen LogP contribution in [0.5, 0.6) is 0 Å². The lowest BCUT2D eigenvalue weighted by Gasteiger charge is -2.17. The number of anilines is 1. The van der Waals surface area contributed by atoms with E-state index >= 15 is 0 Å². The number of benzene rings is 2. The van der Waals surface area contributed by atoms with Crippen molar-refractivity contribution in [3.8, 4) is 0 Å². The summed E-state index contributed by atoms with van der Waals surface area (Å²) in [5, 5.41) is 4.39. The van der Waals surface area contributed by atoms with Crippen LogP contribution in [0.1, 0.15) is 61.3 Å². The van der Waals surface area contributed by atoms with Crippen LogP contribution in [0.15, 0.2) is 36.4 Å². The summed E-state index contributed by atoms with van der Waals surface area (Å²) in [5.74, 6) is 1.09. The van der Waals surface area contributed by atoms with Crippen molar-refractivity contribution >= 4 is 17.3 Å². The highest BCUT2D eigenvalue weighted by atomic mass is 35.5. The highest BCUT2D eigenvalue weighted by Crippen LogP contribution is 2.26. The normalized spacial score (nSPS) is 12.5. The van der Waals surface area contributed by atoms with E-state index in [1.54, 1.807) is 0 Å². The molecule has 23 heavy (non-hydrogen) atoms. The topological polar surface area (TPSA) is 12.0 Å². The second kappa shape index (κ2) is 7.88. The lowest BCUT2D eigenvalue weighted by Crippen LogP contribution is -2.07. The number of hydrogen-bond donors (Lipinski definition) is 1. The number of halogens is 1. The van der Waals surface area contributed by atoms with Crippen molar-refractivity contribution in [3.05, 3.63) is 63.7 Å². The molecule has 0 amide bonds. The van der Waals surface area contributed by atoms with E-state index in [2.05, 4.69) is 70.3 Å². The molecule has 0 heterocycles. The Morgan fingerprint density at radius 3 is 2.30 bits per heavy atom. The molecule has 0 radical (unpaired) electrons. The Labute approximate surface area is 146 Å². The van der Waals surface area contributed by atoms with E-state index in [-0.39, 0.29) is 0 Å². The van der Waals surface area contributed by atoms with E-state index in [1.807, 2.05) is 6.07 Å². The first kappa shape index (κ1) is 17.9. The average molecular weight is 330 g/mol. The van der Waals surface area contributed by atoms with Crippen molar-refractivity contribution in [2.45, 2.75) is 52.9 Å². The van der Waals surface area contributed by atoms with Gasteiger partial charge in [0.25, 0.3) is 0 Å². The Morgan fingerprint density at radius 2 is 1.65 bits per heavy atom. The van der Waals surface area contributed by atoms with Gasteiger partial charge in [-0.3, -0.25) is 0 Å². The van der Waals surface area contributed by atoms with Crippen LogP contribution in [-0.4, -0.2) is 6.54 Å². The molecule has 0 saturated heterocycles. The quantitative estimate of drug-likeness (QED) is 0.622. The Hall–Kier alpha value is -1.47. The van der Waals surface area contributed by atoms with Crippen LogP contribution >= 0.6 is 11.6 Å². The zero-order valence-corrected chi connectivity index (χ0v) is 15.7. The summed E-state index contributed by atoms with van der Waals surface area (Å²) in [6.07, 6.45) is 1.10. The summed E-state index contributed by atoms with van der Waals surface area (Å²) in [6.45, 7) is 12.1. The molecule has 0 aliphatic heterocycles. The molecule has 1 nitrogen and oxygen atoms in total. The molecule has 1 atom stereocenters. The van der Waals surface area contributed by atoms with E-state index < -0.39 is 0 Å². The molecule has 0 bridgehead atoms. The van der Waals surface area contributed by atoms with E-state index in [0.29, 0.717) is 11.8 Å². The van der Waals surface area contributed by atoms with Crippen LogP contribution in [0.2, 0.25) is 5.02 Å². The van der Waals surface area contributed by atoms with Crippen molar-refractivity contribution in [2.75, 3.05) is 11.9 Å². The maximum absolute atomic E-state index is 6.05. The van der Waals surface area contributed by atoms with E-state index in [1.165, 1.54) is 27.9 Å². The first-order valence-corrected chi connectivity index (χ1v) is 8.86. The fourth-order valence-corrected chi connectivity index (χ4v) is 3.38. The third-order valence-corrected chi connectivity index (χ3v) is 4.81. The minimum atomic E-state index is 0.523. The summed E-state index contributed by atoms with van der Waals surface area (Å²) in [4.78, 5) is 0. The van der Waals surface area contributed by atoms with Crippen LogP contribution in [-0.2, 0) is 0 Å². The Balaban J connectivity index is 1.95. The lowest BCUT2D eigenvalue weighted by atomic mass is 9.93. The molecule has 2 aromatic carbocycles. The monoisotopic (exact) mass is 329 g/mol. The van der Waals surface area contributed by atoms with Gasteiger partial charge >= 0.3 is 0 Å². The molecule has 124 valence electrons. The van der Waals surface area contributed by atoms with Crippen LogP contribution in [0.3, 0.4) is 0 Å². The number of aryl methyl sites for hydroxylation is 2. The van der Waals surface area contributed by atoms with Crippen molar-refractivity contribution in [3.63, 3.8) is 0 Å². The second-order valence-corrected chi connectivity index (χ2v) is 7.28. The molecule has 0 fully saturated rings. The number of nitrogens with one attached hydrogen (secondary N) is 1. The largest absolute Gasteiger partial charge is 0.385 e. The predicted molar refractivity (Wildman–Crippen MR) is 103 cm³/mol. The molecular weight excluding hydrogens is 302 g/mol. The maximum atomic E-state index is 6.05. The van der Waals surface area contributed by atoms with Crippen molar-refractivity contribution in [2.24, 2.45) is 0 Å². The van der Waals surface area contributed by atoms with Crippen molar-refractivity contribution < 1.29 is 0 Å². The Morgan fingerprint density at radius 1 is 0.913 bits per heavy atom. The van der Waals surface area contributed by atoms with Gasteiger partial charge in [-0.2, -0.15) is 0 Å². The fourth-order valence-electron chi connectivity index (χ4n) is 3.15. The van der Waals surface area contributed by atoms with Gasteiger partial charge in [-0.15, -0.1) is 0 Å². The molecule has 1 unspecified atom stereocenters. The van der Waals surface area contributed by atoms with Gasteiger partial charge in [0.15, 0.2) is 0 Å². The smallest absolute Gasteiger partial charge is 0.0408 e. The SMILES string of the molecule is Cc1ccc(NCCC(C)c2ccc(Cl)cc2C)cc1C(C)C. The summed E-state index contributed by atoms with van der Waals surface area (Å²) in [5.41, 5.74) is 6.69. The molecule has 2 heteroatoms. The van der Waals surface area contributed by atoms with Crippen molar-refractivity contribution in [1.29, 1.82) is 0 Å². The highest BCUT2D eigenvalue weighted by molar-refractivity contribution is 6.30. The summed E-state index contributed by atoms with van der Waals surface area (Å²) in [6, 6.07) is 12.9. The van der Waals surface area contributed by atoms with Crippen LogP contribution in [0, 0.1) is 13.8 Å². The molecule has 0 aliphatic carbocycles. The molecule has 2 aromatic rings. The standard InChI is InChI=1S/C21H28ClN/c1-14(2)21-13-19(8-6-15(21)3)23-11-10-16(4)20-9-7-18(22)12-17(20)5/h6-9,12-14,16,23H,10-11H2,1-5H3. The van der Waals surface area contributed by atoms with Gasteiger partial charge in [0.1, 0.15) is 0 Å². The highest BCUT2D eigenvalue weighted by Gasteiger charge is 2.09. The zero-order valence-electron chi connectivity index (χ0n) is 14.9. The fraction of sp³-hybridized carbons (Fsp3) is 0.429. The molecule has 0 spiro atoms. The van der Waals surface area contributed by atoms with Gasteiger partial charge in [0, 0.05) is 17.3 Å². The first-order chi connectivity index (χ1) is 10.9. The molecule has 0 aliphatic rings. The summed E-state index contributed by atoms with van der Waals surface area (Å²) >= 11 is 6.05. The van der Waals surface area contributed by atoms with Gasteiger partial charge in [-0.1, -0.05) is 44.5 Å². The minimum absolute atomic E-state index is 0.523. The van der Waals surface area contributed by atoms with Crippen LogP contribution < -0.4 is 5.32 Å². The number of rotatable bonds is 6. The molecular formula is C21H28ClN. The van der Waals surface area contributed by atoms with Gasteiger partial charge in [-0.05, 0) is 78.6 Å².